The van der Waals surface area contributed by atoms with Gasteiger partial charge in [0.1, 0.15) is 18.4 Å². The Balaban J connectivity index is 0.765. The third kappa shape index (κ3) is 10.5. The van der Waals surface area contributed by atoms with Crippen LogP contribution in [0.5, 0.6) is 5.75 Å². The van der Waals surface area contributed by atoms with Crippen LogP contribution in [0.1, 0.15) is 106 Å². The number of amides is 2. The van der Waals surface area contributed by atoms with Gasteiger partial charge in [-0.15, -0.1) is 0 Å². The number of piperidine rings is 3. The molecule has 3 fully saturated rings. The van der Waals surface area contributed by atoms with E-state index in [9.17, 15) is 19.6 Å². The minimum atomic E-state index is -0.738. The number of aromatic nitrogens is 4. The molecule has 5 heterocycles. The zero-order valence-corrected chi connectivity index (χ0v) is 39.7. The number of ether oxygens (including phenoxy) is 1. The highest BCUT2D eigenvalue weighted by Gasteiger charge is 2.32. The fourth-order valence-electron chi connectivity index (χ4n) is 10.8. The summed E-state index contributed by atoms with van der Waals surface area (Å²) in [5.41, 5.74) is 5.59. The summed E-state index contributed by atoms with van der Waals surface area (Å²) in [5.74, 6) is 3.30. The van der Waals surface area contributed by atoms with Gasteiger partial charge >= 0.3 is 5.69 Å². The number of anilines is 1. The second kappa shape index (κ2) is 21.0. The number of nitriles is 1. The summed E-state index contributed by atoms with van der Waals surface area (Å²) in [6.07, 6.45) is 10.6. The van der Waals surface area contributed by atoms with E-state index in [1.165, 1.54) is 45.3 Å². The van der Waals surface area contributed by atoms with Gasteiger partial charge in [-0.2, -0.15) is 5.26 Å². The molecule has 3 aliphatic heterocycles. The van der Waals surface area contributed by atoms with E-state index in [0.717, 1.165) is 103 Å². The van der Waals surface area contributed by atoms with Crippen molar-refractivity contribution in [2.75, 3.05) is 50.7 Å². The van der Waals surface area contributed by atoms with Crippen molar-refractivity contribution in [1.82, 2.24) is 34.2 Å². The molecule has 0 saturated carbocycles. The lowest BCUT2D eigenvalue weighted by Gasteiger charge is -2.41. The lowest BCUT2D eigenvalue weighted by atomic mass is 9.78. The number of hydrogen-bond acceptors (Lipinski definition) is 10. The zero-order valence-electron chi connectivity index (χ0n) is 38.9. The molecule has 3 aromatic carbocycles. The van der Waals surface area contributed by atoms with Crippen molar-refractivity contribution in [1.29, 1.82) is 5.26 Å². The predicted octanol–water partition coefficient (Wildman–Crippen LogP) is 8.01. The number of carbonyl (C=O) groups is 2. The molecule has 14 heteroatoms. The van der Waals surface area contributed by atoms with E-state index in [1.54, 1.807) is 22.2 Å². The van der Waals surface area contributed by atoms with E-state index in [1.807, 2.05) is 55.6 Å². The SMILES string of the molecule is CCCC(C(=O)NC=O)n1c(=O)n(C)c2c(CN3CCC(CN4CCC(C5CCN(c6nccc(COc7ccc(C(C)(C)c8cc(Cl)cc(C#N)c8)cc7)n6)CC5)CC4)CC3)cccc21. The lowest BCUT2D eigenvalue weighted by molar-refractivity contribution is -0.128. The van der Waals surface area contributed by atoms with Crippen LogP contribution in [-0.2, 0) is 35.2 Å². The Hall–Kier alpha value is -5.55. The van der Waals surface area contributed by atoms with Crippen molar-refractivity contribution in [3.8, 4) is 11.8 Å². The fourth-order valence-corrected chi connectivity index (χ4v) is 11.0. The van der Waals surface area contributed by atoms with Gasteiger partial charge < -0.3 is 14.5 Å². The number of carbonyl (C=O) groups excluding carboxylic acids is 2. The van der Waals surface area contributed by atoms with E-state index in [4.69, 9.17) is 21.3 Å². The lowest BCUT2D eigenvalue weighted by Crippen LogP contribution is -2.44. The Morgan fingerprint density at radius 1 is 0.939 bits per heavy atom. The number of fused-ring (bicyclic) bond motifs is 1. The molecule has 2 aromatic heterocycles. The number of rotatable bonds is 16. The van der Waals surface area contributed by atoms with Gasteiger partial charge in [-0.3, -0.25) is 28.9 Å². The van der Waals surface area contributed by atoms with Crippen LogP contribution < -0.4 is 20.6 Å². The van der Waals surface area contributed by atoms with Crippen LogP contribution in [0, 0.1) is 29.1 Å². The number of likely N-dealkylation sites (tertiary alicyclic amines) is 2. The van der Waals surface area contributed by atoms with Crippen LogP contribution in [-0.4, -0.2) is 87.0 Å². The molecule has 2 amide bonds. The minimum Gasteiger partial charge on any atom is -0.487 e. The number of benzene rings is 3. The third-order valence-corrected chi connectivity index (χ3v) is 14.9. The number of imide groups is 1. The molecule has 13 nitrogen and oxygen atoms in total. The number of nitrogens with one attached hydrogen (secondary N) is 1. The molecule has 1 N–H and O–H groups in total. The first-order valence-electron chi connectivity index (χ1n) is 23.8. The Morgan fingerprint density at radius 2 is 1.64 bits per heavy atom. The van der Waals surface area contributed by atoms with E-state index >= 15 is 0 Å². The normalized spacial score (nSPS) is 17.7. The van der Waals surface area contributed by atoms with Gasteiger partial charge in [-0.05, 0) is 148 Å². The average Bonchev–Trinajstić information content (AvgIpc) is 3.59. The van der Waals surface area contributed by atoms with E-state index in [-0.39, 0.29) is 11.1 Å². The van der Waals surface area contributed by atoms with Crippen molar-refractivity contribution in [3.05, 3.63) is 116 Å². The molecule has 0 bridgehead atoms. The first-order valence-corrected chi connectivity index (χ1v) is 24.2. The Labute approximate surface area is 393 Å². The number of aryl methyl sites for hydroxylation is 1. The Morgan fingerprint density at radius 3 is 2.32 bits per heavy atom. The van der Waals surface area contributed by atoms with Crippen molar-refractivity contribution in [2.24, 2.45) is 24.8 Å². The number of imidazole rings is 1. The molecule has 1 unspecified atom stereocenters. The summed E-state index contributed by atoms with van der Waals surface area (Å²) < 4.78 is 9.41. The summed E-state index contributed by atoms with van der Waals surface area (Å²) in [7, 11) is 1.78. The van der Waals surface area contributed by atoms with Gasteiger partial charge in [0.25, 0.3) is 0 Å². The molecule has 1 atom stereocenters. The highest BCUT2D eigenvalue weighted by Crippen LogP contribution is 2.36. The molecule has 0 aliphatic carbocycles. The predicted molar refractivity (Wildman–Crippen MR) is 259 cm³/mol. The number of hydrogen-bond donors (Lipinski definition) is 1. The second-order valence-corrected chi connectivity index (χ2v) is 19.7. The Kier molecular flexibility index (Phi) is 14.9. The first-order chi connectivity index (χ1) is 31.9. The molecule has 5 aromatic rings. The molecule has 348 valence electrons. The highest BCUT2D eigenvalue weighted by atomic mass is 35.5. The van der Waals surface area contributed by atoms with Crippen molar-refractivity contribution in [2.45, 2.75) is 96.7 Å². The second-order valence-electron chi connectivity index (χ2n) is 19.2. The standard InChI is InChI=1S/C52H64ClN9O4/c1-5-7-47(49(64)56-35-63)62-46-9-6-8-40(48(46)58(4)51(62)65)33-60-22-15-36(16-23-60)32-59-24-17-38(18-25-59)39-19-26-61(27-20-39)50-55-21-14-44(57-50)34-66-45-12-10-41(11-13-45)52(2,3)42-28-37(31-54)29-43(53)30-42/h6,8-14,21,28-30,35-36,38-39,47H,5,7,15-20,22-27,32-34H2,1-4H3,(H,56,63,64). The quantitative estimate of drug-likeness (QED) is 0.0969. The summed E-state index contributed by atoms with van der Waals surface area (Å²) in [6, 6.07) is 23.0. The van der Waals surface area contributed by atoms with Crippen molar-refractivity contribution in [3.63, 3.8) is 0 Å². The zero-order chi connectivity index (χ0) is 46.4. The number of para-hydroxylation sites is 1. The Bertz CT molecular complexity index is 2580. The van der Waals surface area contributed by atoms with Crippen LogP contribution in [0.15, 0.2) is 77.7 Å². The van der Waals surface area contributed by atoms with E-state index < -0.39 is 11.9 Å². The first kappa shape index (κ1) is 47.0. The van der Waals surface area contributed by atoms with Gasteiger partial charge in [-0.25, -0.2) is 14.8 Å². The van der Waals surface area contributed by atoms with Gasteiger partial charge in [0.15, 0.2) is 0 Å². The molecular weight excluding hydrogens is 850 g/mol. The van der Waals surface area contributed by atoms with Crippen molar-refractivity contribution < 1.29 is 14.3 Å². The van der Waals surface area contributed by atoms with Crippen LogP contribution in [0.2, 0.25) is 5.02 Å². The maximum atomic E-state index is 13.5. The van der Waals surface area contributed by atoms with Gasteiger partial charge in [0.2, 0.25) is 18.3 Å². The topological polar surface area (TPSA) is 142 Å². The molecular formula is C52H64ClN9O4. The monoisotopic (exact) mass is 913 g/mol. The van der Waals surface area contributed by atoms with Crippen LogP contribution >= 0.6 is 11.6 Å². The van der Waals surface area contributed by atoms with Gasteiger partial charge in [0.05, 0.1) is 28.4 Å². The average molecular weight is 915 g/mol. The maximum absolute atomic E-state index is 13.5. The smallest absolute Gasteiger partial charge is 0.329 e. The largest absolute Gasteiger partial charge is 0.487 e. The van der Waals surface area contributed by atoms with Crippen LogP contribution in [0.3, 0.4) is 0 Å². The summed E-state index contributed by atoms with van der Waals surface area (Å²) in [5, 5.41) is 12.3. The minimum absolute atomic E-state index is 0.238. The summed E-state index contributed by atoms with van der Waals surface area (Å²) in [6.45, 7) is 14.9. The third-order valence-electron chi connectivity index (χ3n) is 14.7. The summed E-state index contributed by atoms with van der Waals surface area (Å²) in [4.78, 5) is 54.6. The molecule has 0 spiro atoms. The van der Waals surface area contributed by atoms with E-state index in [2.05, 4.69) is 63.1 Å². The molecule has 3 saturated heterocycles. The molecule has 8 rings (SSSR count). The van der Waals surface area contributed by atoms with Crippen LogP contribution in [0.25, 0.3) is 11.0 Å². The van der Waals surface area contributed by atoms with E-state index in [0.29, 0.717) is 42.4 Å². The number of nitrogens with zero attached hydrogens (tertiary/aromatic N) is 8. The molecule has 3 aliphatic rings. The van der Waals surface area contributed by atoms with Gasteiger partial charge in [0, 0.05) is 49.9 Å². The van der Waals surface area contributed by atoms with Gasteiger partial charge in [-0.1, -0.05) is 63.1 Å². The number of halogens is 1. The molecule has 0 radical (unpaired) electrons. The summed E-state index contributed by atoms with van der Waals surface area (Å²) >= 11 is 6.32. The van der Waals surface area contributed by atoms with Crippen LogP contribution in [0.4, 0.5) is 5.95 Å². The highest BCUT2D eigenvalue weighted by molar-refractivity contribution is 6.30. The van der Waals surface area contributed by atoms with Crippen molar-refractivity contribution >= 4 is 40.9 Å². The fraction of sp³-hybridized carbons (Fsp3) is 0.500. The molecule has 66 heavy (non-hydrogen) atoms. The maximum Gasteiger partial charge on any atom is 0.329 e.